The van der Waals surface area contributed by atoms with Gasteiger partial charge in [-0.15, -0.1) is 0 Å². The quantitative estimate of drug-likeness (QED) is 0.608. The molecule has 118 valence electrons. The van der Waals surface area contributed by atoms with Gasteiger partial charge in [0.1, 0.15) is 11.9 Å². The van der Waals surface area contributed by atoms with Crippen LogP contribution in [0.3, 0.4) is 0 Å². The summed E-state index contributed by atoms with van der Waals surface area (Å²) in [4.78, 5) is 19.5. The van der Waals surface area contributed by atoms with E-state index >= 15 is 0 Å². The van der Waals surface area contributed by atoms with Crippen molar-refractivity contribution < 1.29 is 14.2 Å². The maximum absolute atomic E-state index is 13.9. The van der Waals surface area contributed by atoms with Crippen molar-refractivity contribution in [2.75, 3.05) is 29.2 Å². The zero-order chi connectivity index (χ0) is 15.6. The van der Waals surface area contributed by atoms with E-state index in [-0.39, 0.29) is 37.1 Å². The van der Waals surface area contributed by atoms with Gasteiger partial charge in [-0.05, 0) is 0 Å². The number of nitrogen functional groups attached to an aromatic ring is 1. The van der Waals surface area contributed by atoms with Gasteiger partial charge in [0.15, 0.2) is 12.0 Å². The highest BCUT2D eigenvalue weighted by atomic mass is 19.1. The summed E-state index contributed by atoms with van der Waals surface area (Å²) < 4.78 is 19.3. The number of ether oxygens (including phenoxy) is 1. The smallest absolute Gasteiger partial charge is 0.277 e. The first-order valence-electron chi connectivity index (χ1n) is 6.91. The number of nitrogens with zero attached hydrogens (tertiary/aromatic N) is 2. The summed E-state index contributed by atoms with van der Waals surface area (Å²) in [5.74, 6) is 0.233. The number of aliphatic hydroxyl groups excluding tert-OH is 1. The number of fused-ring (bicyclic) bond motifs is 1. The molecule has 1 aromatic rings. The molecule has 0 spiro atoms. The molecule has 21 heavy (non-hydrogen) atoms. The number of aromatic nitrogens is 2. The predicted octanol–water partition coefficient (Wildman–Crippen LogP) is 0.0131. The van der Waals surface area contributed by atoms with Gasteiger partial charge < -0.3 is 25.8 Å². The summed E-state index contributed by atoms with van der Waals surface area (Å²) in [6.07, 6.45) is -2.55. The molecule has 0 aromatic carbocycles. The Kier molecular flexibility index (Phi) is 4.63. The van der Waals surface area contributed by atoms with Crippen LogP contribution >= 0.6 is 0 Å². The van der Waals surface area contributed by atoms with Crippen molar-refractivity contribution in [2.45, 2.75) is 38.8 Å². The van der Waals surface area contributed by atoms with E-state index in [9.17, 15) is 9.18 Å². The van der Waals surface area contributed by atoms with Gasteiger partial charge in [0.25, 0.3) is 5.56 Å². The van der Waals surface area contributed by atoms with E-state index in [1.165, 1.54) is 4.90 Å². The number of rotatable bonds is 2. The molecule has 2 aliphatic rings. The molecule has 8 nitrogen and oxygen atoms in total. The number of nitrogens with one attached hydrogen (secondary N) is 2. The van der Waals surface area contributed by atoms with E-state index in [2.05, 4.69) is 15.3 Å². The summed E-state index contributed by atoms with van der Waals surface area (Å²) in [7, 11) is 0. The van der Waals surface area contributed by atoms with Crippen LogP contribution in [0.15, 0.2) is 4.79 Å². The highest BCUT2D eigenvalue weighted by Gasteiger charge is 2.42. The Labute approximate surface area is 121 Å². The fourth-order valence-electron chi connectivity index (χ4n) is 2.39. The maximum atomic E-state index is 13.9. The lowest BCUT2D eigenvalue weighted by molar-refractivity contribution is 0.00154. The number of hydrogen-bond donors (Lipinski definition) is 4. The van der Waals surface area contributed by atoms with Crippen molar-refractivity contribution in [1.29, 1.82) is 0 Å². The second kappa shape index (κ2) is 6.27. The van der Waals surface area contributed by atoms with Crippen LogP contribution in [-0.2, 0) is 4.74 Å². The normalized spacial score (nSPS) is 26.9. The number of H-pyrrole nitrogens is 1. The Morgan fingerprint density at radius 2 is 2.29 bits per heavy atom. The Balaban J connectivity index is 0.000000774. The molecular formula is C12H20FN5O3. The predicted molar refractivity (Wildman–Crippen MR) is 76.8 cm³/mol. The summed E-state index contributed by atoms with van der Waals surface area (Å²) in [6, 6.07) is 0. The zero-order valence-corrected chi connectivity index (χ0v) is 12.0. The highest BCUT2D eigenvalue weighted by Crippen LogP contribution is 2.34. The lowest BCUT2D eigenvalue weighted by atomic mass is 10.2. The van der Waals surface area contributed by atoms with Gasteiger partial charge in [0.2, 0.25) is 5.95 Å². The van der Waals surface area contributed by atoms with Crippen molar-refractivity contribution in [1.82, 2.24) is 9.97 Å². The molecule has 0 saturated carbocycles. The first-order chi connectivity index (χ1) is 10.1. The van der Waals surface area contributed by atoms with Crippen LogP contribution in [0.25, 0.3) is 0 Å². The van der Waals surface area contributed by atoms with Crippen molar-refractivity contribution in [3.05, 3.63) is 10.4 Å². The van der Waals surface area contributed by atoms with Crippen LogP contribution in [0, 0.1) is 0 Å². The van der Waals surface area contributed by atoms with Gasteiger partial charge >= 0.3 is 0 Å². The van der Waals surface area contributed by atoms with Gasteiger partial charge in [0.05, 0.1) is 19.4 Å². The van der Waals surface area contributed by atoms with E-state index in [1.807, 2.05) is 13.8 Å². The van der Waals surface area contributed by atoms with Crippen LogP contribution in [0.2, 0.25) is 0 Å². The van der Waals surface area contributed by atoms with Gasteiger partial charge in [0, 0.05) is 6.42 Å². The third kappa shape index (κ3) is 2.79. The van der Waals surface area contributed by atoms with Gasteiger partial charge in [-0.3, -0.25) is 9.78 Å². The SMILES string of the molecule is CC.Nc1nc2c(c(=O)[nH]1)NCN2C1OC(CO)CC1F. The summed E-state index contributed by atoms with van der Waals surface area (Å²) in [5.41, 5.74) is 5.33. The van der Waals surface area contributed by atoms with Gasteiger partial charge in [-0.2, -0.15) is 4.98 Å². The van der Waals surface area contributed by atoms with Gasteiger partial charge in [-0.25, -0.2) is 4.39 Å². The average molecular weight is 301 g/mol. The molecular weight excluding hydrogens is 281 g/mol. The van der Waals surface area contributed by atoms with Crippen LogP contribution < -0.4 is 21.5 Å². The van der Waals surface area contributed by atoms with E-state index < -0.39 is 24.1 Å². The first kappa shape index (κ1) is 15.5. The molecule has 3 unspecified atom stereocenters. The molecule has 0 aliphatic carbocycles. The number of hydrogen-bond acceptors (Lipinski definition) is 7. The van der Waals surface area contributed by atoms with Crippen molar-refractivity contribution in [3.63, 3.8) is 0 Å². The average Bonchev–Trinajstić information content (AvgIpc) is 3.04. The minimum absolute atomic E-state index is 0.0374. The fraction of sp³-hybridized carbons (Fsp3) is 0.667. The molecule has 3 rings (SSSR count). The highest BCUT2D eigenvalue weighted by molar-refractivity contribution is 5.71. The van der Waals surface area contributed by atoms with E-state index in [0.717, 1.165) is 0 Å². The van der Waals surface area contributed by atoms with E-state index in [1.54, 1.807) is 0 Å². The lowest BCUT2D eigenvalue weighted by Gasteiger charge is -2.25. The molecule has 9 heteroatoms. The molecule has 2 aliphatic heterocycles. The second-order valence-corrected chi connectivity index (χ2v) is 4.54. The molecule has 1 aromatic heterocycles. The maximum Gasteiger partial charge on any atom is 0.277 e. The van der Waals surface area contributed by atoms with Crippen LogP contribution in [0.4, 0.5) is 21.8 Å². The molecule has 0 bridgehead atoms. The minimum atomic E-state index is -1.26. The third-order valence-corrected chi connectivity index (χ3v) is 3.26. The molecule has 0 amide bonds. The molecule has 0 radical (unpaired) electrons. The van der Waals surface area contributed by atoms with E-state index in [0.29, 0.717) is 0 Å². The number of anilines is 3. The van der Waals surface area contributed by atoms with Crippen LogP contribution in [-0.4, -0.2) is 46.9 Å². The molecule has 1 saturated heterocycles. The van der Waals surface area contributed by atoms with Crippen molar-refractivity contribution >= 4 is 17.5 Å². The Morgan fingerprint density at radius 1 is 1.57 bits per heavy atom. The van der Waals surface area contributed by atoms with E-state index in [4.69, 9.17) is 15.6 Å². The zero-order valence-electron chi connectivity index (χ0n) is 12.0. The minimum Gasteiger partial charge on any atom is -0.394 e. The molecule has 3 atom stereocenters. The lowest BCUT2D eigenvalue weighted by Crippen LogP contribution is -2.40. The summed E-state index contributed by atoms with van der Waals surface area (Å²) >= 11 is 0. The summed E-state index contributed by atoms with van der Waals surface area (Å²) in [5, 5.41) is 11.8. The molecule has 1 fully saturated rings. The number of aromatic amines is 1. The molecule has 3 heterocycles. The van der Waals surface area contributed by atoms with Crippen LogP contribution in [0.1, 0.15) is 20.3 Å². The van der Waals surface area contributed by atoms with Crippen LogP contribution in [0.5, 0.6) is 0 Å². The van der Waals surface area contributed by atoms with Gasteiger partial charge in [-0.1, -0.05) is 13.8 Å². The summed E-state index contributed by atoms with van der Waals surface area (Å²) in [6.45, 7) is 3.97. The number of alkyl halides is 1. The topological polar surface area (TPSA) is 116 Å². The largest absolute Gasteiger partial charge is 0.394 e. The Bertz CT molecular complexity index is 552. The molecule has 5 N–H and O–H groups in total. The third-order valence-electron chi connectivity index (χ3n) is 3.26. The number of aliphatic hydroxyl groups is 1. The first-order valence-corrected chi connectivity index (χ1v) is 6.91. The fourth-order valence-corrected chi connectivity index (χ4v) is 2.39. The number of nitrogens with two attached hydrogens (primary N) is 1. The number of halogens is 1. The van der Waals surface area contributed by atoms with Crippen molar-refractivity contribution in [2.24, 2.45) is 0 Å². The second-order valence-electron chi connectivity index (χ2n) is 4.54. The Morgan fingerprint density at radius 3 is 2.90 bits per heavy atom. The Hall–Kier alpha value is -1.87. The van der Waals surface area contributed by atoms with Crippen molar-refractivity contribution in [3.8, 4) is 0 Å². The monoisotopic (exact) mass is 301 g/mol. The standard InChI is InChI=1S/C10H14FN5O3.C2H6/c11-5-1-4(2-17)19-9(5)16-3-13-6-7(16)14-10(12)15-8(6)18;1-2/h4-5,9,13,17H,1-3H2,(H3,12,14,15,18);1-2H3.